The first-order valence-electron chi connectivity index (χ1n) is 12.2. The van der Waals surface area contributed by atoms with Gasteiger partial charge in [0.15, 0.2) is 11.5 Å². The highest BCUT2D eigenvalue weighted by Crippen LogP contribution is 2.41. The Hall–Kier alpha value is -2.88. The van der Waals surface area contributed by atoms with E-state index in [-0.39, 0.29) is 5.57 Å². The van der Waals surface area contributed by atoms with Crippen LogP contribution in [0.3, 0.4) is 0 Å². The number of quaternary nitrogens is 1. The fraction of sp³-hybridized carbons (Fsp3) is 0.462. The molecule has 1 fully saturated rings. The lowest BCUT2D eigenvalue weighted by Gasteiger charge is -2.29. The van der Waals surface area contributed by atoms with E-state index in [1.54, 1.807) is 34.5 Å². The van der Waals surface area contributed by atoms with Crippen LogP contribution in [-0.4, -0.2) is 69.2 Å². The van der Waals surface area contributed by atoms with Crippen molar-refractivity contribution in [2.45, 2.75) is 26.3 Å². The zero-order valence-electron chi connectivity index (χ0n) is 20.2. The summed E-state index contributed by atoms with van der Waals surface area (Å²) >= 11 is 1.26. The summed E-state index contributed by atoms with van der Waals surface area (Å²) in [4.78, 5) is 30.0. The molecule has 188 valence electrons. The summed E-state index contributed by atoms with van der Waals surface area (Å²) in [6.45, 7) is 9.27. The van der Waals surface area contributed by atoms with E-state index in [1.165, 1.54) is 16.2 Å². The Morgan fingerprint density at radius 3 is 2.60 bits per heavy atom. The zero-order chi connectivity index (χ0) is 24.8. The average molecular weight is 501 g/mol. The van der Waals surface area contributed by atoms with Crippen LogP contribution < -0.4 is 19.5 Å². The molecule has 1 aromatic carbocycles. The van der Waals surface area contributed by atoms with Crippen LogP contribution in [0.1, 0.15) is 41.5 Å². The van der Waals surface area contributed by atoms with Crippen LogP contribution in [0.5, 0.6) is 11.5 Å². The molecular formula is C26H32N2O6S. The van der Waals surface area contributed by atoms with Crippen molar-refractivity contribution in [3.05, 3.63) is 57.5 Å². The number of ether oxygens (including phenoxy) is 3. The molecule has 0 radical (unpaired) electrons. The molecule has 2 aliphatic heterocycles. The average Bonchev–Trinajstić information content (AvgIpc) is 3.49. The third-order valence-electron chi connectivity index (χ3n) is 6.29. The van der Waals surface area contributed by atoms with Gasteiger partial charge in [-0.3, -0.25) is 9.59 Å². The van der Waals surface area contributed by atoms with Gasteiger partial charge in [-0.1, -0.05) is 12.1 Å². The van der Waals surface area contributed by atoms with Gasteiger partial charge in [-0.05, 0) is 48.7 Å². The quantitative estimate of drug-likeness (QED) is 0.467. The van der Waals surface area contributed by atoms with Crippen molar-refractivity contribution in [1.82, 2.24) is 4.90 Å². The Balaban J connectivity index is 1.66. The van der Waals surface area contributed by atoms with E-state index in [9.17, 15) is 14.7 Å². The minimum Gasteiger partial charge on any atom is -0.868 e. The molecule has 0 aliphatic carbocycles. The third-order valence-corrected chi connectivity index (χ3v) is 7.16. The molecule has 0 bridgehead atoms. The smallest absolute Gasteiger partial charge is 0.239 e. The fourth-order valence-corrected chi connectivity index (χ4v) is 5.31. The van der Waals surface area contributed by atoms with Gasteiger partial charge < -0.3 is 29.1 Å². The summed E-state index contributed by atoms with van der Waals surface area (Å²) in [5.41, 5.74) is 0.664. The van der Waals surface area contributed by atoms with Crippen LogP contribution >= 0.6 is 11.3 Å². The molecule has 9 heteroatoms. The number of thiophene rings is 1. The van der Waals surface area contributed by atoms with Crippen molar-refractivity contribution in [2.75, 3.05) is 52.6 Å². The second kappa shape index (κ2) is 11.7. The summed E-state index contributed by atoms with van der Waals surface area (Å²) in [6, 6.07) is 8.06. The number of carbonyl (C=O) groups excluding carboxylic acids is 2. The van der Waals surface area contributed by atoms with Gasteiger partial charge in [0.1, 0.15) is 13.1 Å². The number of morpholine rings is 1. The molecule has 8 nitrogen and oxygen atoms in total. The summed E-state index contributed by atoms with van der Waals surface area (Å²) in [6.07, 6.45) is 0.723. The number of hydrogen-bond acceptors (Lipinski definition) is 7. The van der Waals surface area contributed by atoms with Crippen molar-refractivity contribution < 1.29 is 33.8 Å². The van der Waals surface area contributed by atoms with Gasteiger partial charge in [-0.2, -0.15) is 0 Å². The van der Waals surface area contributed by atoms with Crippen LogP contribution in [0.15, 0.2) is 47.0 Å². The van der Waals surface area contributed by atoms with E-state index in [0.717, 1.165) is 39.3 Å². The van der Waals surface area contributed by atoms with Gasteiger partial charge in [0.25, 0.3) is 0 Å². The highest BCUT2D eigenvalue weighted by molar-refractivity contribution is 7.12. The summed E-state index contributed by atoms with van der Waals surface area (Å²) in [5, 5.41) is 14.9. The monoisotopic (exact) mass is 500 g/mol. The SMILES string of the molecule is CCOc1ccc(C2C(C(=O)c3cccs3)=C([O-])C(=O)N2CCC[NH+]2CCOCC2)cc1OCC. The minimum atomic E-state index is -0.765. The Morgan fingerprint density at radius 2 is 1.91 bits per heavy atom. The molecule has 2 aromatic rings. The van der Waals surface area contributed by atoms with Crippen LogP contribution in [-0.2, 0) is 9.53 Å². The molecule has 2 aliphatic rings. The summed E-state index contributed by atoms with van der Waals surface area (Å²) < 4.78 is 16.9. The van der Waals surface area contributed by atoms with Crippen LogP contribution in [0.2, 0.25) is 0 Å². The lowest BCUT2D eigenvalue weighted by molar-refractivity contribution is -0.908. The fourth-order valence-electron chi connectivity index (χ4n) is 4.64. The van der Waals surface area contributed by atoms with E-state index in [0.29, 0.717) is 41.7 Å². The number of amides is 1. The van der Waals surface area contributed by atoms with Gasteiger partial charge in [-0.15, -0.1) is 11.3 Å². The van der Waals surface area contributed by atoms with Crippen molar-refractivity contribution in [3.8, 4) is 11.5 Å². The van der Waals surface area contributed by atoms with Gasteiger partial charge in [0, 0.05) is 18.5 Å². The number of nitrogens with one attached hydrogen (secondary N) is 1. The second-order valence-corrected chi connectivity index (χ2v) is 9.44. The van der Waals surface area contributed by atoms with Crippen LogP contribution in [0.25, 0.3) is 0 Å². The number of rotatable bonds is 11. The maximum absolute atomic E-state index is 13.4. The van der Waals surface area contributed by atoms with E-state index in [4.69, 9.17) is 14.2 Å². The summed E-state index contributed by atoms with van der Waals surface area (Å²) in [7, 11) is 0. The number of benzene rings is 1. The number of carbonyl (C=O) groups is 2. The normalized spacial score (nSPS) is 18.9. The highest BCUT2D eigenvalue weighted by atomic mass is 32.1. The van der Waals surface area contributed by atoms with Crippen molar-refractivity contribution in [1.29, 1.82) is 0 Å². The first-order valence-corrected chi connectivity index (χ1v) is 13.0. The van der Waals surface area contributed by atoms with E-state index in [2.05, 4.69) is 0 Å². The molecule has 4 rings (SSSR count). The van der Waals surface area contributed by atoms with Gasteiger partial charge >= 0.3 is 0 Å². The minimum absolute atomic E-state index is 0.00257. The van der Waals surface area contributed by atoms with Crippen LogP contribution in [0, 0.1) is 0 Å². The number of hydrogen-bond donors (Lipinski definition) is 1. The Bertz CT molecular complexity index is 1060. The zero-order valence-corrected chi connectivity index (χ0v) is 21.0. The Labute approximate surface area is 209 Å². The molecule has 1 atom stereocenters. The van der Waals surface area contributed by atoms with Gasteiger partial charge in [-0.25, -0.2) is 0 Å². The third kappa shape index (κ3) is 5.52. The van der Waals surface area contributed by atoms with Crippen molar-refractivity contribution in [3.63, 3.8) is 0 Å². The molecule has 1 N–H and O–H groups in total. The van der Waals surface area contributed by atoms with Crippen molar-refractivity contribution >= 4 is 23.0 Å². The molecule has 0 spiro atoms. The summed E-state index contributed by atoms with van der Waals surface area (Å²) in [5.74, 6) is -0.629. The maximum Gasteiger partial charge on any atom is 0.239 e. The number of Topliss-reactive ketones (excluding diaryl/α,β-unsaturated/α-hetero) is 1. The Morgan fingerprint density at radius 1 is 1.17 bits per heavy atom. The van der Waals surface area contributed by atoms with Crippen LogP contribution in [0.4, 0.5) is 0 Å². The number of nitrogens with zero attached hydrogens (tertiary/aromatic N) is 1. The first-order chi connectivity index (χ1) is 17.0. The number of ketones is 1. The van der Waals surface area contributed by atoms with E-state index >= 15 is 0 Å². The molecule has 1 saturated heterocycles. The molecule has 35 heavy (non-hydrogen) atoms. The molecule has 1 amide bonds. The second-order valence-electron chi connectivity index (χ2n) is 8.49. The topological polar surface area (TPSA) is 92.6 Å². The van der Waals surface area contributed by atoms with E-state index in [1.807, 2.05) is 19.9 Å². The molecule has 0 saturated carbocycles. The standard InChI is InChI=1S/C26H32N2O6S/c1-3-33-19-9-8-18(17-20(19)34-4-2)23-22(24(29)21-7-5-16-35-21)25(30)26(31)28(23)11-6-10-27-12-14-32-15-13-27/h5,7-9,16-17,23,30H,3-4,6,10-15H2,1-2H3. The van der Waals surface area contributed by atoms with E-state index < -0.39 is 23.5 Å². The van der Waals surface area contributed by atoms with Gasteiger partial charge in [0.2, 0.25) is 11.7 Å². The Kier molecular flexibility index (Phi) is 8.43. The maximum atomic E-state index is 13.4. The highest BCUT2D eigenvalue weighted by Gasteiger charge is 2.40. The first kappa shape index (κ1) is 25.2. The molecule has 1 unspecified atom stereocenters. The van der Waals surface area contributed by atoms with Crippen molar-refractivity contribution in [2.24, 2.45) is 0 Å². The van der Waals surface area contributed by atoms with Gasteiger partial charge in [0.05, 0.1) is 43.9 Å². The largest absolute Gasteiger partial charge is 0.868 e. The molecule has 3 heterocycles. The lowest BCUT2D eigenvalue weighted by atomic mass is 9.95. The molecule has 1 aromatic heterocycles. The lowest BCUT2D eigenvalue weighted by Crippen LogP contribution is -3.14. The predicted molar refractivity (Wildman–Crippen MR) is 130 cm³/mol. The molecular weight excluding hydrogens is 468 g/mol. The predicted octanol–water partition coefficient (Wildman–Crippen LogP) is 1.23.